The standard InChI is InChI=1S/C23H21N3O3S/c1-13-22-18(26(25-13)23-24-17-6-4-5-7-21(17)30-23)10-14(11-19(22)27)16-9-8-15(28-2)12-20(16)29-3/h4-9,12,14H,10-11H2,1-3H3/t14-/m1/s1. The van der Waals surface area contributed by atoms with Crippen molar-refractivity contribution in [3.05, 3.63) is 65.0 Å². The van der Waals surface area contributed by atoms with Crippen molar-refractivity contribution in [1.82, 2.24) is 14.8 Å². The molecule has 0 spiro atoms. The Morgan fingerprint density at radius 3 is 2.70 bits per heavy atom. The minimum atomic E-state index is 0.00934. The molecule has 0 saturated carbocycles. The lowest BCUT2D eigenvalue weighted by Gasteiger charge is -2.24. The topological polar surface area (TPSA) is 66.2 Å². The van der Waals surface area contributed by atoms with Crippen molar-refractivity contribution in [2.45, 2.75) is 25.7 Å². The zero-order valence-electron chi connectivity index (χ0n) is 17.0. The Labute approximate surface area is 178 Å². The molecule has 0 aliphatic heterocycles. The summed E-state index contributed by atoms with van der Waals surface area (Å²) in [7, 11) is 3.27. The second-order valence-electron chi connectivity index (χ2n) is 7.42. The maximum atomic E-state index is 13.1. The number of methoxy groups -OCH3 is 2. The number of Topliss-reactive ketones (excluding diaryl/α,β-unsaturated/α-hetero) is 1. The summed E-state index contributed by atoms with van der Waals surface area (Å²) < 4.78 is 13.9. The van der Waals surface area contributed by atoms with Crippen LogP contribution in [0.15, 0.2) is 42.5 Å². The highest BCUT2D eigenvalue weighted by atomic mass is 32.1. The molecule has 0 radical (unpaired) electrons. The van der Waals surface area contributed by atoms with Crippen LogP contribution in [0.5, 0.6) is 11.5 Å². The monoisotopic (exact) mass is 419 g/mol. The van der Waals surface area contributed by atoms with Gasteiger partial charge in [0.25, 0.3) is 0 Å². The van der Waals surface area contributed by atoms with E-state index in [1.165, 1.54) is 0 Å². The van der Waals surface area contributed by atoms with Gasteiger partial charge >= 0.3 is 0 Å². The largest absolute Gasteiger partial charge is 0.497 e. The van der Waals surface area contributed by atoms with Crippen molar-refractivity contribution in [3.8, 4) is 16.6 Å². The molecule has 0 amide bonds. The molecular formula is C23H21N3O3S. The number of aryl methyl sites for hydroxylation is 1. The van der Waals surface area contributed by atoms with Gasteiger partial charge in [-0.2, -0.15) is 5.10 Å². The van der Waals surface area contributed by atoms with Crippen LogP contribution in [0.2, 0.25) is 0 Å². The van der Waals surface area contributed by atoms with Gasteiger partial charge in [0.2, 0.25) is 5.13 Å². The Hall–Kier alpha value is -3.19. The highest BCUT2D eigenvalue weighted by Crippen LogP contribution is 2.40. The smallest absolute Gasteiger partial charge is 0.211 e. The third-order valence-electron chi connectivity index (χ3n) is 5.65. The van der Waals surface area contributed by atoms with Gasteiger partial charge < -0.3 is 9.47 Å². The average Bonchev–Trinajstić information content (AvgIpc) is 3.34. The van der Waals surface area contributed by atoms with Gasteiger partial charge in [-0.1, -0.05) is 29.5 Å². The maximum absolute atomic E-state index is 13.1. The molecule has 0 unspecified atom stereocenters. The van der Waals surface area contributed by atoms with Crippen LogP contribution < -0.4 is 9.47 Å². The number of benzene rings is 2. The fraction of sp³-hybridized carbons (Fsp3) is 0.261. The van der Waals surface area contributed by atoms with Crippen molar-refractivity contribution in [2.75, 3.05) is 14.2 Å². The third kappa shape index (κ3) is 2.97. The fourth-order valence-corrected chi connectivity index (χ4v) is 5.19. The number of aromatic nitrogens is 3. The zero-order valence-corrected chi connectivity index (χ0v) is 17.8. The summed E-state index contributed by atoms with van der Waals surface area (Å²) in [5, 5.41) is 5.49. The summed E-state index contributed by atoms with van der Waals surface area (Å²) >= 11 is 1.58. The highest BCUT2D eigenvalue weighted by molar-refractivity contribution is 7.20. The number of fused-ring (bicyclic) bond motifs is 2. The first kappa shape index (κ1) is 18.8. The number of nitrogens with zero attached hydrogens (tertiary/aromatic N) is 3. The van der Waals surface area contributed by atoms with Crippen molar-refractivity contribution >= 4 is 27.3 Å². The van der Waals surface area contributed by atoms with Gasteiger partial charge in [-0.3, -0.25) is 4.79 Å². The number of ketones is 1. The Morgan fingerprint density at radius 1 is 1.10 bits per heavy atom. The number of hydrogen-bond acceptors (Lipinski definition) is 6. The molecule has 4 aromatic rings. The SMILES string of the molecule is COc1ccc([C@H]2CC(=O)c3c(C)nn(-c4nc5ccccc5s4)c3C2)c(OC)c1. The van der Waals surface area contributed by atoms with E-state index in [1.807, 2.05) is 48.0 Å². The first-order chi connectivity index (χ1) is 14.6. The number of ether oxygens (including phenoxy) is 2. The van der Waals surface area contributed by atoms with Crippen molar-refractivity contribution in [3.63, 3.8) is 0 Å². The average molecular weight is 420 g/mol. The summed E-state index contributed by atoms with van der Waals surface area (Å²) in [5.74, 6) is 1.59. The molecule has 1 atom stereocenters. The molecule has 0 fully saturated rings. The molecule has 2 heterocycles. The van der Waals surface area contributed by atoms with Gasteiger partial charge in [0.1, 0.15) is 11.5 Å². The van der Waals surface area contributed by atoms with Crippen LogP contribution >= 0.6 is 11.3 Å². The third-order valence-corrected chi connectivity index (χ3v) is 6.66. The van der Waals surface area contributed by atoms with E-state index in [9.17, 15) is 4.79 Å². The lowest BCUT2D eigenvalue weighted by atomic mass is 9.81. The molecule has 6 nitrogen and oxygen atoms in total. The van der Waals surface area contributed by atoms with Crippen LogP contribution in [-0.4, -0.2) is 34.8 Å². The van der Waals surface area contributed by atoms with Gasteiger partial charge in [-0.15, -0.1) is 0 Å². The molecule has 7 heteroatoms. The summed E-state index contributed by atoms with van der Waals surface area (Å²) in [6.07, 6.45) is 1.13. The van der Waals surface area contributed by atoms with E-state index in [-0.39, 0.29) is 11.7 Å². The molecule has 2 aromatic carbocycles. The number of hydrogen-bond donors (Lipinski definition) is 0. The number of para-hydroxylation sites is 1. The first-order valence-corrected chi connectivity index (χ1v) is 10.6. The summed E-state index contributed by atoms with van der Waals surface area (Å²) in [5.41, 5.74) is 4.36. The molecule has 5 rings (SSSR count). The van der Waals surface area contributed by atoms with Crippen LogP contribution in [0.4, 0.5) is 0 Å². The second kappa shape index (κ2) is 7.25. The molecule has 30 heavy (non-hydrogen) atoms. The van der Waals surface area contributed by atoms with Gasteiger partial charge in [0.05, 0.1) is 41.4 Å². The molecule has 0 N–H and O–H groups in total. The molecule has 2 aromatic heterocycles. The van der Waals surface area contributed by atoms with Crippen molar-refractivity contribution in [1.29, 1.82) is 0 Å². The van der Waals surface area contributed by atoms with E-state index in [0.29, 0.717) is 12.8 Å². The Kier molecular flexibility index (Phi) is 4.55. The van der Waals surface area contributed by atoms with E-state index in [4.69, 9.17) is 19.6 Å². The van der Waals surface area contributed by atoms with Crippen LogP contribution in [-0.2, 0) is 6.42 Å². The van der Waals surface area contributed by atoms with Crippen molar-refractivity contribution < 1.29 is 14.3 Å². The number of carbonyl (C=O) groups is 1. The van der Waals surface area contributed by atoms with Gasteiger partial charge in [0, 0.05) is 18.4 Å². The molecule has 1 aliphatic carbocycles. The van der Waals surface area contributed by atoms with Gasteiger partial charge in [-0.25, -0.2) is 9.67 Å². The number of carbonyl (C=O) groups excluding carboxylic acids is 1. The summed E-state index contributed by atoms with van der Waals surface area (Å²) in [4.78, 5) is 17.8. The van der Waals surface area contributed by atoms with E-state index >= 15 is 0 Å². The quantitative estimate of drug-likeness (QED) is 0.479. The summed E-state index contributed by atoms with van der Waals surface area (Å²) in [6.45, 7) is 1.90. The predicted molar refractivity (Wildman–Crippen MR) is 116 cm³/mol. The summed E-state index contributed by atoms with van der Waals surface area (Å²) in [6, 6.07) is 13.8. The Bertz CT molecular complexity index is 1240. The molecule has 152 valence electrons. The molecule has 1 aliphatic rings. The van der Waals surface area contributed by atoms with Gasteiger partial charge in [-0.05, 0) is 37.1 Å². The maximum Gasteiger partial charge on any atom is 0.211 e. The predicted octanol–water partition coefficient (Wildman–Crippen LogP) is 4.72. The molecular weight excluding hydrogens is 398 g/mol. The number of thiazole rings is 1. The molecule has 0 saturated heterocycles. The minimum Gasteiger partial charge on any atom is -0.497 e. The van der Waals surface area contributed by atoms with Crippen LogP contribution in [0.1, 0.15) is 39.6 Å². The van der Waals surface area contributed by atoms with Crippen LogP contribution in [0, 0.1) is 6.92 Å². The fourth-order valence-electron chi connectivity index (χ4n) is 4.24. The van der Waals surface area contributed by atoms with Gasteiger partial charge in [0.15, 0.2) is 5.78 Å². The Morgan fingerprint density at radius 2 is 1.93 bits per heavy atom. The van der Waals surface area contributed by atoms with E-state index in [2.05, 4.69) is 6.07 Å². The Balaban J connectivity index is 1.60. The van der Waals surface area contributed by atoms with Crippen LogP contribution in [0.25, 0.3) is 15.3 Å². The zero-order chi connectivity index (χ0) is 20.8. The van der Waals surface area contributed by atoms with E-state index < -0.39 is 0 Å². The second-order valence-corrected chi connectivity index (χ2v) is 8.43. The highest BCUT2D eigenvalue weighted by Gasteiger charge is 2.34. The van der Waals surface area contributed by atoms with E-state index in [1.54, 1.807) is 25.6 Å². The lowest BCUT2D eigenvalue weighted by Crippen LogP contribution is -2.21. The van der Waals surface area contributed by atoms with E-state index in [0.717, 1.165) is 49.4 Å². The molecule has 0 bridgehead atoms. The number of rotatable bonds is 4. The normalized spacial score (nSPS) is 16.0. The lowest BCUT2D eigenvalue weighted by molar-refractivity contribution is 0.0963. The minimum absolute atomic E-state index is 0.00934. The van der Waals surface area contributed by atoms with Crippen LogP contribution in [0.3, 0.4) is 0 Å². The van der Waals surface area contributed by atoms with Crippen molar-refractivity contribution in [2.24, 2.45) is 0 Å². The first-order valence-electron chi connectivity index (χ1n) is 9.78.